The predicted octanol–water partition coefficient (Wildman–Crippen LogP) is 1.73. The Kier molecular flexibility index (Phi) is 4.59. The maximum Gasteiger partial charge on any atom is 0.358 e. The molecule has 0 saturated carbocycles. The number of amides is 1. The highest BCUT2D eigenvalue weighted by Gasteiger charge is 2.15. The molecule has 7 heteroatoms. The lowest BCUT2D eigenvalue weighted by molar-refractivity contribution is -0.122. The van der Waals surface area contributed by atoms with E-state index in [1.54, 1.807) is 0 Å². The summed E-state index contributed by atoms with van der Waals surface area (Å²) < 4.78 is 1.22. The first-order valence-corrected chi connectivity index (χ1v) is 8.07. The summed E-state index contributed by atoms with van der Waals surface area (Å²) in [5, 5.41) is 18.8. The average molecular weight is 328 g/mol. The summed E-state index contributed by atoms with van der Waals surface area (Å²) in [6.45, 7) is 1.88. The number of rotatable bonds is 5. The lowest BCUT2D eigenvalue weighted by Crippen LogP contribution is -2.30. The number of aromatic nitrogens is 3. The molecule has 1 aliphatic carbocycles. The maximum atomic E-state index is 12.1. The zero-order valence-electron chi connectivity index (χ0n) is 13.5. The Morgan fingerprint density at radius 3 is 2.75 bits per heavy atom. The van der Waals surface area contributed by atoms with Gasteiger partial charge < -0.3 is 10.4 Å². The first-order chi connectivity index (χ1) is 11.5. The van der Waals surface area contributed by atoms with E-state index in [4.69, 9.17) is 5.11 Å². The van der Waals surface area contributed by atoms with Crippen molar-refractivity contribution in [3.8, 4) is 0 Å². The number of benzene rings is 1. The van der Waals surface area contributed by atoms with E-state index in [0.717, 1.165) is 18.4 Å². The molecule has 0 bridgehead atoms. The summed E-state index contributed by atoms with van der Waals surface area (Å²) in [6, 6.07) is 6.28. The lowest BCUT2D eigenvalue weighted by atomic mass is 9.89. The van der Waals surface area contributed by atoms with Crippen molar-refractivity contribution in [3.63, 3.8) is 0 Å². The van der Waals surface area contributed by atoms with E-state index in [1.807, 2.05) is 6.92 Å². The van der Waals surface area contributed by atoms with Gasteiger partial charge in [0.25, 0.3) is 0 Å². The first kappa shape index (κ1) is 16.2. The summed E-state index contributed by atoms with van der Waals surface area (Å²) in [7, 11) is 0. The molecule has 24 heavy (non-hydrogen) atoms. The van der Waals surface area contributed by atoms with Gasteiger partial charge in [0.15, 0.2) is 5.69 Å². The van der Waals surface area contributed by atoms with Crippen LogP contribution in [-0.4, -0.2) is 32.0 Å². The molecule has 1 unspecified atom stereocenters. The van der Waals surface area contributed by atoms with Gasteiger partial charge in [-0.15, -0.1) is 5.10 Å². The van der Waals surface area contributed by atoms with Crippen LogP contribution in [0.5, 0.6) is 0 Å². The highest BCUT2D eigenvalue weighted by atomic mass is 16.4. The third kappa shape index (κ3) is 3.61. The van der Waals surface area contributed by atoms with Crippen molar-refractivity contribution in [1.82, 2.24) is 20.3 Å². The lowest BCUT2D eigenvalue weighted by Gasteiger charge is -2.20. The van der Waals surface area contributed by atoms with Gasteiger partial charge in [-0.2, -0.15) is 0 Å². The number of nitrogens with one attached hydrogen (secondary N) is 1. The predicted molar refractivity (Wildman–Crippen MR) is 86.6 cm³/mol. The van der Waals surface area contributed by atoms with Crippen molar-refractivity contribution >= 4 is 11.9 Å². The number of carbonyl (C=O) groups excluding carboxylic acids is 1. The smallest absolute Gasteiger partial charge is 0.358 e. The van der Waals surface area contributed by atoms with E-state index in [-0.39, 0.29) is 24.2 Å². The van der Waals surface area contributed by atoms with Crippen LogP contribution in [0.1, 0.15) is 53.0 Å². The summed E-state index contributed by atoms with van der Waals surface area (Å²) in [5.74, 6) is -1.40. The Bertz CT molecular complexity index is 769. The van der Waals surface area contributed by atoms with Gasteiger partial charge in [0.2, 0.25) is 5.91 Å². The van der Waals surface area contributed by atoms with E-state index in [0.29, 0.717) is 0 Å². The molecular formula is C17H20N4O3. The van der Waals surface area contributed by atoms with E-state index < -0.39 is 5.97 Å². The average Bonchev–Trinajstić information content (AvgIpc) is 3.03. The molecule has 0 aliphatic heterocycles. The summed E-state index contributed by atoms with van der Waals surface area (Å²) in [4.78, 5) is 22.9. The Balaban J connectivity index is 1.62. The highest BCUT2D eigenvalue weighted by molar-refractivity contribution is 5.84. The summed E-state index contributed by atoms with van der Waals surface area (Å²) >= 11 is 0. The molecule has 7 nitrogen and oxygen atoms in total. The monoisotopic (exact) mass is 328 g/mol. The van der Waals surface area contributed by atoms with Gasteiger partial charge in [0.05, 0.1) is 12.2 Å². The molecule has 2 aromatic rings. The fraction of sp³-hybridized carbons (Fsp3) is 0.412. The molecule has 0 fully saturated rings. The number of nitrogens with zero attached hydrogens (tertiary/aromatic N) is 3. The van der Waals surface area contributed by atoms with Crippen LogP contribution in [0.3, 0.4) is 0 Å². The number of aromatic carboxylic acids is 1. The Morgan fingerprint density at radius 1 is 1.29 bits per heavy atom. The van der Waals surface area contributed by atoms with Crippen molar-refractivity contribution in [2.75, 3.05) is 0 Å². The number of hydrogen-bond donors (Lipinski definition) is 2. The minimum absolute atomic E-state index is 0.0600. The number of carboxylic acids is 1. The first-order valence-electron chi connectivity index (χ1n) is 8.07. The number of carboxylic acid groups (broad SMARTS) is 1. The molecule has 3 rings (SSSR count). The zero-order valence-corrected chi connectivity index (χ0v) is 13.5. The third-order valence-corrected chi connectivity index (χ3v) is 4.31. The molecule has 1 aromatic heterocycles. The Morgan fingerprint density at radius 2 is 2.04 bits per heavy atom. The van der Waals surface area contributed by atoms with Gasteiger partial charge in [0, 0.05) is 0 Å². The van der Waals surface area contributed by atoms with Crippen LogP contribution in [0.2, 0.25) is 0 Å². The van der Waals surface area contributed by atoms with Crippen molar-refractivity contribution in [1.29, 1.82) is 0 Å². The number of aryl methyl sites for hydroxylation is 2. The molecule has 0 radical (unpaired) electrons. The van der Waals surface area contributed by atoms with Gasteiger partial charge in [-0.1, -0.05) is 23.4 Å². The molecule has 1 aromatic carbocycles. The van der Waals surface area contributed by atoms with Gasteiger partial charge in [0.1, 0.15) is 6.54 Å². The van der Waals surface area contributed by atoms with Crippen molar-refractivity contribution < 1.29 is 14.7 Å². The minimum atomic E-state index is -1.16. The Hall–Kier alpha value is -2.70. The van der Waals surface area contributed by atoms with E-state index in [9.17, 15) is 9.59 Å². The summed E-state index contributed by atoms with van der Waals surface area (Å²) in [6.07, 6.45) is 5.94. The molecule has 0 spiro atoms. The second-order valence-corrected chi connectivity index (χ2v) is 6.13. The number of carbonyl (C=O) groups is 2. The highest BCUT2D eigenvalue weighted by Crippen LogP contribution is 2.24. The van der Waals surface area contributed by atoms with E-state index >= 15 is 0 Å². The van der Waals surface area contributed by atoms with Crippen molar-refractivity contribution in [2.45, 2.75) is 45.2 Å². The fourth-order valence-electron chi connectivity index (χ4n) is 3.01. The largest absolute Gasteiger partial charge is 0.476 e. The van der Waals surface area contributed by atoms with E-state index in [2.05, 4.69) is 33.8 Å². The fourth-order valence-corrected chi connectivity index (χ4v) is 3.01. The molecule has 2 N–H and O–H groups in total. The molecule has 1 heterocycles. The number of fused-ring (bicyclic) bond motifs is 1. The van der Waals surface area contributed by atoms with Gasteiger partial charge in [-0.25, -0.2) is 9.48 Å². The SMILES string of the molecule is CC(NC(=O)Cn1cc(C(=O)O)nn1)c1ccc2c(c1)CCCC2. The second-order valence-electron chi connectivity index (χ2n) is 6.13. The molecule has 0 saturated heterocycles. The van der Waals surface area contributed by atoms with Crippen LogP contribution >= 0.6 is 0 Å². The van der Waals surface area contributed by atoms with Crippen molar-refractivity contribution in [2.24, 2.45) is 0 Å². The number of hydrogen-bond acceptors (Lipinski definition) is 4. The van der Waals surface area contributed by atoms with E-state index in [1.165, 1.54) is 34.8 Å². The summed E-state index contributed by atoms with van der Waals surface area (Å²) in [5.41, 5.74) is 3.69. The van der Waals surface area contributed by atoms with Gasteiger partial charge in [-0.3, -0.25) is 4.79 Å². The van der Waals surface area contributed by atoms with Crippen LogP contribution in [-0.2, 0) is 24.2 Å². The van der Waals surface area contributed by atoms with Crippen LogP contribution in [0.4, 0.5) is 0 Å². The molecular weight excluding hydrogens is 308 g/mol. The normalized spacial score (nSPS) is 14.7. The quantitative estimate of drug-likeness (QED) is 0.871. The topological polar surface area (TPSA) is 97.1 Å². The van der Waals surface area contributed by atoms with Crippen LogP contribution < -0.4 is 5.32 Å². The molecule has 1 amide bonds. The minimum Gasteiger partial charge on any atom is -0.476 e. The van der Waals surface area contributed by atoms with Crippen LogP contribution in [0.15, 0.2) is 24.4 Å². The molecule has 126 valence electrons. The van der Waals surface area contributed by atoms with Gasteiger partial charge in [-0.05, 0) is 49.3 Å². The standard InChI is InChI=1S/C17H20N4O3/c1-11(13-7-6-12-4-2-3-5-14(12)8-13)18-16(22)10-21-9-15(17(23)24)19-20-21/h6-9,11H,2-5,10H2,1H3,(H,18,22)(H,23,24). The second kappa shape index (κ2) is 6.82. The third-order valence-electron chi connectivity index (χ3n) is 4.31. The van der Waals surface area contributed by atoms with Crippen LogP contribution in [0, 0.1) is 0 Å². The molecule has 1 aliphatic rings. The van der Waals surface area contributed by atoms with Crippen molar-refractivity contribution in [3.05, 3.63) is 46.8 Å². The molecule has 1 atom stereocenters. The zero-order chi connectivity index (χ0) is 17.1. The Labute approximate surface area is 139 Å². The van der Waals surface area contributed by atoms with Gasteiger partial charge >= 0.3 is 5.97 Å². The maximum absolute atomic E-state index is 12.1. The van der Waals surface area contributed by atoms with Crippen LogP contribution in [0.25, 0.3) is 0 Å².